The molecule has 2 amide bonds. The van der Waals surface area contributed by atoms with Gasteiger partial charge in [0.15, 0.2) is 11.6 Å². The summed E-state index contributed by atoms with van der Waals surface area (Å²) in [5.74, 6) is -6.14. The van der Waals surface area contributed by atoms with E-state index in [1.807, 2.05) is 42.5 Å². The van der Waals surface area contributed by atoms with Gasteiger partial charge in [-0.3, -0.25) is 28.9 Å². The van der Waals surface area contributed by atoms with Gasteiger partial charge in [0.05, 0.1) is 31.5 Å². The third kappa shape index (κ3) is 4.96. The maximum atomic E-state index is 15.2. The Morgan fingerprint density at radius 2 is 1.62 bits per heavy atom. The van der Waals surface area contributed by atoms with E-state index in [0.717, 1.165) is 4.90 Å². The van der Waals surface area contributed by atoms with Gasteiger partial charge in [0.2, 0.25) is 11.8 Å². The van der Waals surface area contributed by atoms with Crippen LogP contribution < -0.4 is 9.47 Å². The Morgan fingerprint density at radius 3 is 2.28 bits per heavy atom. The number of benzene rings is 3. The van der Waals surface area contributed by atoms with Crippen molar-refractivity contribution in [3.05, 3.63) is 107 Å². The zero-order valence-electron chi connectivity index (χ0n) is 27.7. The number of rotatable bonds is 9. The number of carbonyl (C=O) groups excluding carboxylic acids is 4. The summed E-state index contributed by atoms with van der Waals surface area (Å²) in [6.45, 7) is -0.0226. The van der Waals surface area contributed by atoms with E-state index in [9.17, 15) is 24.6 Å². The molecule has 1 aliphatic heterocycles. The van der Waals surface area contributed by atoms with Crippen LogP contribution in [0.2, 0.25) is 0 Å². The zero-order valence-corrected chi connectivity index (χ0v) is 27.7. The number of fused-ring (bicyclic) bond motifs is 4. The number of hydrogen-bond acceptors (Lipinski definition) is 8. The first-order valence-corrected chi connectivity index (χ1v) is 16.8. The van der Waals surface area contributed by atoms with Crippen LogP contribution in [0.1, 0.15) is 48.3 Å². The van der Waals surface area contributed by atoms with Gasteiger partial charge in [-0.2, -0.15) is 0 Å². The predicted octanol–water partition coefficient (Wildman–Crippen LogP) is 5.10. The smallest absolute Gasteiger partial charge is 0.303 e. The molecule has 256 valence electrons. The number of phenolic OH excluding ortho intramolecular Hbond substituents is 1. The third-order valence-electron chi connectivity index (χ3n) is 11.1. The number of aromatic hydroxyl groups is 1. The van der Waals surface area contributed by atoms with E-state index in [4.69, 9.17) is 9.47 Å². The number of hydrogen-bond donors (Lipinski definition) is 2. The average Bonchev–Trinajstić information content (AvgIpc) is 3.37. The van der Waals surface area contributed by atoms with Gasteiger partial charge in [-0.25, -0.2) is 0 Å². The van der Waals surface area contributed by atoms with Crippen molar-refractivity contribution in [3.8, 4) is 17.2 Å². The summed E-state index contributed by atoms with van der Waals surface area (Å²) in [7, 11) is 2.91. The van der Waals surface area contributed by atoms with Crippen molar-refractivity contribution in [3.63, 3.8) is 0 Å². The standard InChI is InChI=1S/C40H37NO9/c1-49-24-18-30(42)35(31(19-24)50-2)36-25-15-16-26-34(39(48)41(38(26)47)17-9-14-33(44)45)28(25)20-29-37(46)27(22-10-5-3-6-11-22)21-32(43)40(29,36)23-12-7-4-8-13-23/h3-8,10-13,15,18-19,21,26,28-29,34,36,42H,9,14,16-17,20H2,1-2H3,(H,44,45). The monoisotopic (exact) mass is 675 g/mol. The molecule has 7 rings (SSSR count). The Kier molecular flexibility index (Phi) is 8.41. The molecule has 2 fully saturated rings. The van der Waals surface area contributed by atoms with E-state index in [0.29, 0.717) is 22.4 Å². The van der Waals surface area contributed by atoms with Crippen LogP contribution in [0.5, 0.6) is 17.2 Å². The molecule has 3 aliphatic carbocycles. The summed E-state index contributed by atoms with van der Waals surface area (Å²) in [5.41, 5.74) is 0.854. The Morgan fingerprint density at radius 1 is 0.920 bits per heavy atom. The van der Waals surface area contributed by atoms with E-state index in [1.165, 1.54) is 26.4 Å². The number of carboxylic acid groups (broad SMARTS) is 1. The number of aliphatic carboxylic acids is 1. The highest BCUT2D eigenvalue weighted by Gasteiger charge is 2.66. The molecule has 50 heavy (non-hydrogen) atoms. The molecule has 6 unspecified atom stereocenters. The minimum atomic E-state index is -1.54. The maximum Gasteiger partial charge on any atom is 0.303 e. The highest BCUT2D eigenvalue weighted by atomic mass is 16.5. The van der Waals surface area contributed by atoms with Crippen LogP contribution in [0.4, 0.5) is 0 Å². The summed E-state index contributed by atoms with van der Waals surface area (Å²) >= 11 is 0. The number of ketones is 2. The number of likely N-dealkylation sites (tertiary alicyclic amines) is 1. The fourth-order valence-corrected chi connectivity index (χ4v) is 9.03. The third-order valence-corrected chi connectivity index (χ3v) is 11.1. The van der Waals surface area contributed by atoms with Gasteiger partial charge in [0.1, 0.15) is 17.2 Å². The number of ether oxygens (including phenoxy) is 2. The number of imide groups is 1. The summed E-state index contributed by atoms with van der Waals surface area (Å²) < 4.78 is 11.3. The fraction of sp³-hybridized carbons (Fsp3) is 0.325. The van der Waals surface area contributed by atoms with Crippen LogP contribution in [0.25, 0.3) is 5.57 Å². The normalized spacial score (nSPS) is 27.2. The molecular weight excluding hydrogens is 638 g/mol. The Labute approximate surface area is 289 Å². The number of phenols is 1. The number of carbonyl (C=O) groups is 5. The van der Waals surface area contributed by atoms with Gasteiger partial charge in [-0.1, -0.05) is 72.3 Å². The lowest BCUT2D eigenvalue weighted by atomic mass is 9.44. The topological polar surface area (TPSA) is 148 Å². The Bertz CT molecular complexity index is 1970. The van der Waals surface area contributed by atoms with Crippen LogP contribution in [-0.4, -0.2) is 65.2 Å². The molecule has 3 aromatic rings. The number of methoxy groups -OCH3 is 2. The molecular formula is C40H37NO9. The first-order chi connectivity index (χ1) is 24.1. The van der Waals surface area contributed by atoms with Crippen molar-refractivity contribution in [2.75, 3.05) is 20.8 Å². The summed E-state index contributed by atoms with van der Waals surface area (Å²) in [4.78, 5) is 70.5. The van der Waals surface area contributed by atoms with Gasteiger partial charge in [0, 0.05) is 48.1 Å². The molecule has 0 spiro atoms. The van der Waals surface area contributed by atoms with Gasteiger partial charge < -0.3 is 19.7 Å². The fourth-order valence-electron chi connectivity index (χ4n) is 9.03. The first kappa shape index (κ1) is 33.0. The summed E-state index contributed by atoms with van der Waals surface area (Å²) in [6, 6.07) is 21.1. The highest BCUT2D eigenvalue weighted by Crippen LogP contribution is 2.65. The van der Waals surface area contributed by atoms with Crippen molar-refractivity contribution in [1.82, 2.24) is 4.90 Å². The molecule has 10 heteroatoms. The lowest BCUT2D eigenvalue weighted by Gasteiger charge is -2.55. The lowest BCUT2D eigenvalue weighted by molar-refractivity contribution is -0.142. The average molecular weight is 676 g/mol. The minimum Gasteiger partial charge on any atom is -0.507 e. The van der Waals surface area contributed by atoms with E-state index in [-0.39, 0.29) is 72.3 Å². The first-order valence-electron chi connectivity index (χ1n) is 16.8. The quantitative estimate of drug-likeness (QED) is 0.234. The molecule has 1 saturated heterocycles. The van der Waals surface area contributed by atoms with E-state index in [1.54, 1.807) is 30.3 Å². The number of carboxylic acids is 1. The molecule has 10 nitrogen and oxygen atoms in total. The van der Waals surface area contributed by atoms with Crippen LogP contribution in [0, 0.1) is 23.7 Å². The van der Waals surface area contributed by atoms with Crippen molar-refractivity contribution in [2.45, 2.75) is 37.0 Å². The second-order valence-corrected chi connectivity index (χ2v) is 13.4. The second kappa shape index (κ2) is 12.7. The van der Waals surface area contributed by atoms with Gasteiger partial charge in [-0.05, 0) is 42.4 Å². The molecule has 0 radical (unpaired) electrons. The maximum absolute atomic E-state index is 15.2. The predicted molar refractivity (Wildman–Crippen MR) is 181 cm³/mol. The SMILES string of the molecule is COc1cc(O)c(C2C3=CCC4C(=O)N(CCCC(=O)O)C(=O)C4C3CC3C(=O)C(c4ccccc4)=CC(=O)C32c2ccccc2)c(OC)c1. The van der Waals surface area contributed by atoms with Gasteiger partial charge in [-0.15, -0.1) is 0 Å². The molecule has 1 heterocycles. The Hall–Kier alpha value is -5.51. The van der Waals surface area contributed by atoms with Crippen molar-refractivity contribution < 1.29 is 43.7 Å². The molecule has 1 saturated carbocycles. The van der Waals surface area contributed by atoms with E-state index < -0.39 is 46.9 Å². The number of amides is 2. The van der Waals surface area contributed by atoms with Gasteiger partial charge >= 0.3 is 5.97 Å². The summed E-state index contributed by atoms with van der Waals surface area (Å²) in [6.07, 6.45) is 3.56. The van der Waals surface area contributed by atoms with Crippen molar-refractivity contribution in [2.24, 2.45) is 23.7 Å². The molecule has 3 aromatic carbocycles. The summed E-state index contributed by atoms with van der Waals surface area (Å²) in [5, 5.41) is 21.0. The Balaban J connectivity index is 1.48. The van der Waals surface area contributed by atoms with Gasteiger partial charge in [0.25, 0.3) is 0 Å². The van der Waals surface area contributed by atoms with E-state index >= 15 is 9.59 Å². The van der Waals surface area contributed by atoms with Crippen molar-refractivity contribution >= 4 is 34.9 Å². The molecule has 2 N–H and O–H groups in total. The molecule has 0 aromatic heterocycles. The van der Waals surface area contributed by atoms with E-state index in [2.05, 4.69) is 0 Å². The lowest BCUT2D eigenvalue weighted by Crippen LogP contribution is -2.58. The number of nitrogens with zero attached hydrogens (tertiary/aromatic N) is 1. The largest absolute Gasteiger partial charge is 0.507 e. The minimum absolute atomic E-state index is 0.0226. The van der Waals surface area contributed by atoms with Crippen LogP contribution in [-0.2, 0) is 29.4 Å². The highest BCUT2D eigenvalue weighted by molar-refractivity contribution is 6.31. The van der Waals surface area contributed by atoms with Crippen molar-refractivity contribution in [1.29, 1.82) is 0 Å². The molecule has 4 aliphatic rings. The molecule has 0 bridgehead atoms. The number of Topliss-reactive ketones (excluding diaryl/α,β-unsaturated/α-hetero) is 1. The van der Waals surface area contributed by atoms with Crippen LogP contribution >= 0.6 is 0 Å². The molecule has 6 atom stereocenters. The number of allylic oxidation sites excluding steroid dienone is 4. The van der Waals surface area contributed by atoms with Crippen LogP contribution in [0.3, 0.4) is 0 Å². The zero-order chi connectivity index (χ0) is 35.3. The second-order valence-electron chi connectivity index (χ2n) is 13.4. The van der Waals surface area contributed by atoms with Crippen LogP contribution in [0.15, 0.2) is 90.5 Å².